The number of hydroxylamine groups is 1. The molecule has 3 aromatic rings. The van der Waals surface area contributed by atoms with Gasteiger partial charge in [0.25, 0.3) is 0 Å². The van der Waals surface area contributed by atoms with Crippen molar-refractivity contribution >= 4 is 17.6 Å². The van der Waals surface area contributed by atoms with Crippen LogP contribution in [-0.2, 0) is 21.0 Å². The van der Waals surface area contributed by atoms with Crippen LogP contribution in [-0.4, -0.2) is 23.5 Å². The summed E-state index contributed by atoms with van der Waals surface area (Å²) in [6.07, 6.45) is 0. The average Bonchev–Trinajstić information content (AvgIpc) is 2.74. The molecule has 0 bridgehead atoms. The van der Waals surface area contributed by atoms with Crippen LogP contribution in [0.15, 0.2) is 66.7 Å². The lowest BCUT2D eigenvalue weighted by Crippen LogP contribution is -2.28. The summed E-state index contributed by atoms with van der Waals surface area (Å²) in [6, 6.07) is 20.5. The molecule has 0 aliphatic rings. The zero-order valence-corrected chi connectivity index (χ0v) is 17.3. The highest BCUT2D eigenvalue weighted by atomic mass is 16.7. The Hall–Kier alpha value is -3.51. The van der Waals surface area contributed by atoms with Gasteiger partial charge in [-0.3, -0.25) is 9.63 Å². The highest BCUT2D eigenvalue weighted by molar-refractivity contribution is 5.90. The molecule has 1 heterocycles. The van der Waals surface area contributed by atoms with E-state index < -0.39 is 5.97 Å². The lowest BCUT2D eigenvalue weighted by molar-refractivity contribution is -0.124. The van der Waals surface area contributed by atoms with Crippen LogP contribution in [0, 0.1) is 6.92 Å². The number of carbonyl (C=O) groups excluding carboxylic acids is 2. The third-order valence-corrected chi connectivity index (χ3v) is 4.34. The van der Waals surface area contributed by atoms with Gasteiger partial charge in [0.1, 0.15) is 12.3 Å². The summed E-state index contributed by atoms with van der Waals surface area (Å²) in [5, 5.41) is 1.27. The number of ether oxygens (including phenoxy) is 1. The molecule has 0 saturated carbocycles. The Balaban J connectivity index is 1.80. The summed E-state index contributed by atoms with van der Waals surface area (Å²) in [5.74, 6) is -0.673. The smallest absolute Gasteiger partial charge is 0.356 e. The monoisotopic (exact) mass is 404 g/mol. The predicted molar refractivity (Wildman–Crippen MR) is 115 cm³/mol. The van der Waals surface area contributed by atoms with E-state index in [4.69, 9.17) is 9.57 Å². The average molecular weight is 404 g/mol. The largest absolute Gasteiger partial charge is 0.461 e. The third kappa shape index (κ3) is 5.30. The highest BCUT2D eigenvalue weighted by Gasteiger charge is 2.15. The molecule has 6 nitrogen and oxygen atoms in total. The van der Waals surface area contributed by atoms with Crippen molar-refractivity contribution in [2.24, 2.45) is 0 Å². The maximum atomic E-state index is 12.1. The van der Waals surface area contributed by atoms with Crippen LogP contribution in [0.4, 0.5) is 5.69 Å². The maximum absolute atomic E-state index is 12.1. The number of nitrogens with zero attached hydrogens (tertiary/aromatic N) is 2. The molecule has 0 atom stereocenters. The molecule has 0 aliphatic heterocycles. The molecule has 0 aliphatic carbocycles. The summed E-state index contributed by atoms with van der Waals surface area (Å²) >= 11 is 0. The number of rotatable bonds is 7. The van der Waals surface area contributed by atoms with E-state index in [1.54, 1.807) is 25.1 Å². The van der Waals surface area contributed by atoms with Gasteiger partial charge in [-0.05, 0) is 49.2 Å². The van der Waals surface area contributed by atoms with E-state index in [1.807, 2.05) is 55.5 Å². The number of anilines is 1. The number of aryl methyl sites for hydroxylation is 1. The van der Waals surface area contributed by atoms with Gasteiger partial charge in [-0.1, -0.05) is 42.5 Å². The summed E-state index contributed by atoms with van der Waals surface area (Å²) in [6.45, 7) is 5.69. The van der Waals surface area contributed by atoms with E-state index in [1.165, 1.54) is 12.0 Å². The number of esters is 1. The summed E-state index contributed by atoms with van der Waals surface area (Å²) < 4.78 is 5.05. The minimum absolute atomic E-state index is 0.225. The first-order valence-corrected chi connectivity index (χ1v) is 9.71. The van der Waals surface area contributed by atoms with Crippen LogP contribution >= 0.6 is 0 Å². The number of amides is 1. The van der Waals surface area contributed by atoms with E-state index in [0.717, 1.165) is 16.7 Å². The second-order valence-corrected chi connectivity index (χ2v) is 6.75. The number of aromatic nitrogens is 1. The van der Waals surface area contributed by atoms with Gasteiger partial charge in [-0.25, -0.2) is 9.78 Å². The fourth-order valence-corrected chi connectivity index (χ4v) is 2.95. The maximum Gasteiger partial charge on any atom is 0.356 e. The first-order chi connectivity index (χ1) is 14.5. The van der Waals surface area contributed by atoms with Crippen molar-refractivity contribution in [1.82, 2.24) is 4.98 Å². The van der Waals surface area contributed by atoms with Crippen molar-refractivity contribution in [3.05, 3.63) is 83.6 Å². The quantitative estimate of drug-likeness (QED) is 0.421. The Kier molecular flexibility index (Phi) is 6.93. The van der Waals surface area contributed by atoms with E-state index in [9.17, 15) is 9.59 Å². The molecule has 1 amide bonds. The van der Waals surface area contributed by atoms with Crippen LogP contribution in [0.2, 0.25) is 0 Å². The molecule has 0 N–H and O–H groups in total. The van der Waals surface area contributed by atoms with E-state index >= 15 is 0 Å². The fraction of sp³-hybridized carbons (Fsp3) is 0.208. The zero-order chi connectivity index (χ0) is 21.5. The number of pyridine rings is 1. The van der Waals surface area contributed by atoms with E-state index in [0.29, 0.717) is 18.0 Å². The van der Waals surface area contributed by atoms with E-state index in [2.05, 4.69) is 4.98 Å². The van der Waals surface area contributed by atoms with Crippen molar-refractivity contribution in [2.45, 2.75) is 27.4 Å². The number of carbonyl (C=O) groups is 2. The predicted octanol–water partition coefficient (Wildman–Crippen LogP) is 4.72. The second kappa shape index (κ2) is 9.80. The SMILES string of the molecule is CCOC(=O)c1cc(C)cc(-c2ccc(N(OCc3ccccc3)C(C)=O)cc2)n1. The van der Waals surface area contributed by atoms with Crippen LogP contribution < -0.4 is 5.06 Å². The standard InChI is InChI=1S/C24H24N2O4/c1-4-29-24(28)23-15-17(2)14-22(25-23)20-10-12-21(13-11-20)26(18(3)27)30-16-19-8-6-5-7-9-19/h5-15H,4,16H2,1-3H3. The molecule has 30 heavy (non-hydrogen) atoms. The van der Waals surface area contributed by atoms with Gasteiger partial charge < -0.3 is 4.74 Å². The molecule has 0 saturated heterocycles. The normalized spacial score (nSPS) is 10.5. The number of benzene rings is 2. The molecule has 2 aromatic carbocycles. The lowest BCUT2D eigenvalue weighted by Gasteiger charge is -2.20. The van der Waals surface area contributed by atoms with Crippen LogP contribution in [0.25, 0.3) is 11.3 Å². The van der Waals surface area contributed by atoms with Gasteiger partial charge in [0.05, 0.1) is 18.0 Å². The molecular weight excluding hydrogens is 380 g/mol. The Morgan fingerprint density at radius 3 is 2.33 bits per heavy atom. The minimum atomic E-state index is -0.448. The molecule has 1 aromatic heterocycles. The van der Waals surface area contributed by atoms with Gasteiger partial charge in [-0.15, -0.1) is 0 Å². The van der Waals surface area contributed by atoms with Crippen molar-refractivity contribution in [3.8, 4) is 11.3 Å². The molecule has 6 heteroatoms. The topological polar surface area (TPSA) is 68.7 Å². The van der Waals surface area contributed by atoms with Crippen molar-refractivity contribution in [3.63, 3.8) is 0 Å². The molecule has 154 valence electrons. The highest BCUT2D eigenvalue weighted by Crippen LogP contribution is 2.24. The fourth-order valence-electron chi connectivity index (χ4n) is 2.95. The van der Waals surface area contributed by atoms with Gasteiger partial charge in [0.2, 0.25) is 5.91 Å². The number of hydrogen-bond acceptors (Lipinski definition) is 5. The molecular formula is C24H24N2O4. The van der Waals surface area contributed by atoms with Crippen molar-refractivity contribution < 1.29 is 19.2 Å². The summed E-state index contributed by atoms with van der Waals surface area (Å²) in [5.41, 5.74) is 4.23. The summed E-state index contributed by atoms with van der Waals surface area (Å²) in [7, 11) is 0. The van der Waals surface area contributed by atoms with Crippen molar-refractivity contribution in [2.75, 3.05) is 11.7 Å². The molecule has 0 fully saturated rings. The Morgan fingerprint density at radius 2 is 1.70 bits per heavy atom. The van der Waals surface area contributed by atoms with E-state index in [-0.39, 0.29) is 18.2 Å². The van der Waals surface area contributed by atoms with Crippen LogP contribution in [0.1, 0.15) is 35.5 Å². The summed E-state index contributed by atoms with van der Waals surface area (Å²) in [4.78, 5) is 34.3. The van der Waals surface area contributed by atoms with Gasteiger partial charge >= 0.3 is 5.97 Å². The first-order valence-electron chi connectivity index (χ1n) is 9.71. The zero-order valence-electron chi connectivity index (χ0n) is 17.3. The molecule has 3 rings (SSSR count). The van der Waals surface area contributed by atoms with Crippen LogP contribution in [0.5, 0.6) is 0 Å². The van der Waals surface area contributed by atoms with Gasteiger partial charge in [0.15, 0.2) is 0 Å². The van der Waals surface area contributed by atoms with Gasteiger partial charge in [-0.2, -0.15) is 5.06 Å². The first kappa shape index (κ1) is 21.2. The lowest BCUT2D eigenvalue weighted by atomic mass is 10.1. The molecule has 0 spiro atoms. The molecule has 0 radical (unpaired) electrons. The Labute approximate surface area is 176 Å². The van der Waals surface area contributed by atoms with Gasteiger partial charge in [0, 0.05) is 12.5 Å². The number of hydrogen-bond donors (Lipinski definition) is 0. The van der Waals surface area contributed by atoms with Crippen LogP contribution in [0.3, 0.4) is 0 Å². The minimum Gasteiger partial charge on any atom is -0.461 e. The Bertz CT molecular complexity index is 1020. The third-order valence-electron chi connectivity index (χ3n) is 4.34. The second-order valence-electron chi connectivity index (χ2n) is 6.75. The molecule has 0 unspecified atom stereocenters. The Morgan fingerprint density at radius 1 is 1.00 bits per heavy atom. The van der Waals surface area contributed by atoms with Crippen molar-refractivity contribution in [1.29, 1.82) is 0 Å².